The third-order valence-corrected chi connectivity index (χ3v) is 10.9. The van der Waals surface area contributed by atoms with Crippen LogP contribution < -0.4 is 16.1 Å². The lowest BCUT2D eigenvalue weighted by Gasteiger charge is -2.44. The average Bonchev–Trinajstić information content (AvgIpc) is 3.10. The van der Waals surface area contributed by atoms with Crippen molar-refractivity contribution in [2.75, 3.05) is 12.3 Å². The zero-order valence-corrected chi connectivity index (χ0v) is 19.2. The Hall–Kier alpha value is -1.95. The molecule has 0 atom stereocenters. The second kappa shape index (κ2) is 7.82. The highest BCUT2D eigenvalue weighted by Gasteiger charge is 2.50. The quantitative estimate of drug-likeness (QED) is 0.605. The van der Waals surface area contributed by atoms with E-state index in [4.69, 9.17) is 10.2 Å². The molecule has 3 nitrogen and oxygen atoms in total. The first-order valence-corrected chi connectivity index (χ1v) is 12.4. The van der Waals surface area contributed by atoms with Crippen LogP contribution in [0.25, 0.3) is 0 Å². The van der Waals surface area contributed by atoms with Gasteiger partial charge in [0.15, 0.2) is 5.13 Å². The molecule has 2 aromatic carbocycles. The Balaban J connectivity index is 2.08. The van der Waals surface area contributed by atoms with E-state index >= 15 is 0 Å². The lowest BCUT2D eigenvalue weighted by Crippen LogP contribution is -2.67. The Morgan fingerprint density at radius 1 is 0.893 bits per heavy atom. The van der Waals surface area contributed by atoms with Crippen LogP contribution in [0.3, 0.4) is 0 Å². The van der Waals surface area contributed by atoms with Crippen molar-refractivity contribution in [2.24, 2.45) is 0 Å². The molecule has 0 spiro atoms. The first-order valence-electron chi connectivity index (χ1n) is 9.63. The van der Waals surface area contributed by atoms with Gasteiger partial charge in [0.05, 0.1) is 5.69 Å². The van der Waals surface area contributed by atoms with Crippen LogP contribution in [0.5, 0.6) is 0 Å². The van der Waals surface area contributed by atoms with E-state index < -0.39 is 8.32 Å². The van der Waals surface area contributed by atoms with Crippen molar-refractivity contribution in [3.8, 4) is 0 Å². The highest BCUT2D eigenvalue weighted by molar-refractivity contribution is 7.13. The van der Waals surface area contributed by atoms with E-state index in [2.05, 4.69) is 100 Å². The van der Waals surface area contributed by atoms with Crippen molar-refractivity contribution < 1.29 is 4.43 Å². The standard InChI is InChI=1S/C23H30N2OSSi/c1-22(2,3)28(18-12-8-6-9-13-18,19-14-10-7-11-15-19)26-17-23(4,5)20-16-27-21(24)25-20/h6-16H,17H2,1-5H3,(H2,24,25). The van der Waals surface area contributed by atoms with E-state index in [0.29, 0.717) is 11.7 Å². The van der Waals surface area contributed by atoms with Crippen LogP contribution in [0.1, 0.15) is 40.3 Å². The summed E-state index contributed by atoms with van der Waals surface area (Å²) in [5, 5.41) is 5.20. The maximum absolute atomic E-state index is 7.06. The summed E-state index contributed by atoms with van der Waals surface area (Å²) >= 11 is 1.49. The summed E-state index contributed by atoms with van der Waals surface area (Å²) in [6.45, 7) is 11.8. The molecule has 0 aliphatic heterocycles. The molecule has 0 unspecified atom stereocenters. The number of benzene rings is 2. The highest BCUT2D eigenvalue weighted by atomic mass is 32.1. The topological polar surface area (TPSA) is 48.1 Å². The molecule has 0 amide bonds. The van der Waals surface area contributed by atoms with Crippen LogP contribution >= 0.6 is 11.3 Å². The summed E-state index contributed by atoms with van der Waals surface area (Å²) in [5.41, 5.74) is 6.66. The zero-order valence-electron chi connectivity index (χ0n) is 17.4. The second-order valence-electron chi connectivity index (χ2n) is 8.91. The summed E-state index contributed by atoms with van der Waals surface area (Å²) in [6.07, 6.45) is 0. The molecule has 3 aromatic rings. The van der Waals surface area contributed by atoms with Gasteiger partial charge < -0.3 is 10.2 Å². The van der Waals surface area contributed by atoms with Crippen molar-refractivity contribution in [1.82, 2.24) is 4.98 Å². The van der Waals surface area contributed by atoms with Gasteiger partial charge in [-0.2, -0.15) is 0 Å². The number of nitrogens with zero attached hydrogens (tertiary/aromatic N) is 1. The molecule has 0 aliphatic rings. The number of hydrogen-bond donors (Lipinski definition) is 1. The number of aromatic nitrogens is 1. The second-order valence-corrected chi connectivity index (χ2v) is 14.1. The summed E-state index contributed by atoms with van der Waals surface area (Å²) in [6, 6.07) is 21.5. The molecule has 2 N–H and O–H groups in total. The van der Waals surface area contributed by atoms with Crippen LogP contribution in [0.2, 0.25) is 5.04 Å². The monoisotopic (exact) mass is 410 g/mol. The first-order chi connectivity index (χ1) is 13.2. The van der Waals surface area contributed by atoms with Crippen LogP contribution in [0.4, 0.5) is 5.13 Å². The Morgan fingerprint density at radius 3 is 1.79 bits per heavy atom. The van der Waals surface area contributed by atoms with E-state index in [-0.39, 0.29) is 10.5 Å². The summed E-state index contributed by atoms with van der Waals surface area (Å²) in [5.74, 6) is 0. The van der Waals surface area contributed by atoms with Crippen molar-refractivity contribution in [2.45, 2.75) is 45.1 Å². The molecule has 148 valence electrons. The fourth-order valence-electron chi connectivity index (χ4n) is 3.72. The van der Waals surface area contributed by atoms with E-state index in [1.54, 1.807) is 0 Å². The normalized spacial score (nSPS) is 12.9. The Bertz CT molecular complexity index is 862. The number of rotatable bonds is 6. The van der Waals surface area contributed by atoms with Gasteiger partial charge in [-0.3, -0.25) is 0 Å². The van der Waals surface area contributed by atoms with Gasteiger partial charge in [0.1, 0.15) is 0 Å². The van der Waals surface area contributed by atoms with Crippen molar-refractivity contribution in [3.05, 3.63) is 71.7 Å². The van der Waals surface area contributed by atoms with Gasteiger partial charge in [0.25, 0.3) is 8.32 Å². The zero-order chi connectivity index (χ0) is 20.4. The van der Waals surface area contributed by atoms with Crippen LogP contribution in [-0.4, -0.2) is 19.9 Å². The molecule has 0 aliphatic carbocycles. The van der Waals surface area contributed by atoms with Crippen molar-refractivity contribution >= 4 is 35.2 Å². The first kappa shape index (κ1) is 20.8. The van der Waals surface area contributed by atoms with E-state index in [1.165, 1.54) is 21.7 Å². The SMILES string of the molecule is CC(C)(CO[Si](c1ccccc1)(c1ccccc1)C(C)(C)C)c1csc(N)n1. The van der Waals surface area contributed by atoms with E-state index in [0.717, 1.165) is 5.69 Å². The van der Waals surface area contributed by atoms with Gasteiger partial charge in [0.2, 0.25) is 0 Å². The summed E-state index contributed by atoms with van der Waals surface area (Å²) in [7, 11) is -2.54. The van der Waals surface area contributed by atoms with Crippen LogP contribution in [-0.2, 0) is 9.84 Å². The molecule has 0 saturated carbocycles. The van der Waals surface area contributed by atoms with E-state index in [1.807, 2.05) is 5.38 Å². The molecule has 5 heteroatoms. The minimum absolute atomic E-state index is 0.0348. The van der Waals surface area contributed by atoms with E-state index in [9.17, 15) is 0 Å². The smallest absolute Gasteiger partial charge is 0.261 e. The van der Waals surface area contributed by atoms with Crippen molar-refractivity contribution in [3.63, 3.8) is 0 Å². The highest BCUT2D eigenvalue weighted by Crippen LogP contribution is 2.38. The minimum Gasteiger partial charge on any atom is -0.406 e. The van der Waals surface area contributed by atoms with Gasteiger partial charge in [-0.25, -0.2) is 4.98 Å². The summed E-state index contributed by atoms with van der Waals surface area (Å²) < 4.78 is 7.06. The molecule has 28 heavy (non-hydrogen) atoms. The molecule has 3 rings (SSSR count). The molecule has 1 aromatic heterocycles. The summed E-state index contributed by atoms with van der Waals surface area (Å²) in [4.78, 5) is 4.52. The fourth-order valence-corrected chi connectivity index (χ4v) is 9.21. The minimum atomic E-state index is -2.54. The lowest BCUT2D eigenvalue weighted by atomic mass is 9.92. The number of hydrogen-bond acceptors (Lipinski definition) is 4. The van der Waals surface area contributed by atoms with Gasteiger partial charge in [-0.1, -0.05) is 95.3 Å². The molecule has 0 radical (unpaired) electrons. The predicted molar refractivity (Wildman–Crippen MR) is 123 cm³/mol. The molecule has 1 heterocycles. The van der Waals surface area contributed by atoms with Gasteiger partial charge >= 0.3 is 0 Å². The van der Waals surface area contributed by atoms with Gasteiger partial charge in [-0.15, -0.1) is 11.3 Å². The Kier molecular flexibility index (Phi) is 5.80. The maximum atomic E-state index is 7.06. The third kappa shape index (κ3) is 3.92. The van der Waals surface area contributed by atoms with Crippen LogP contribution in [0.15, 0.2) is 66.0 Å². The molecule has 0 fully saturated rings. The molecule has 0 bridgehead atoms. The maximum Gasteiger partial charge on any atom is 0.261 e. The number of anilines is 1. The lowest BCUT2D eigenvalue weighted by molar-refractivity contribution is 0.224. The largest absolute Gasteiger partial charge is 0.406 e. The third-order valence-electron chi connectivity index (χ3n) is 5.28. The van der Waals surface area contributed by atoms with Crippen LogP contribution in [0, 0.1) is 0 Å². The number of thiazole rings is 1. The Labute approximate surface area is 173 Å². The molecular formula is C23H30N2OSSi. The average molecular weight is 411 g/mol. The molecular weight excluding hydrogens is 380 g/mol. The molecule has 0 saturated heterocycles. The number of nitrogen functional groups attached to an aromatic ring is 1. The van der Waals surface area contributed by atoms with Crippen molar-refractivity contribution in [1.29, 1.82) is 0 Å². The number of nitrogens with two attached hydrogens (primary N) is 1. The van der Waals surface area contributed by atoms with Gasteiger partial charge in [-0.05, 0) is 15.4 Å². The Morgan fingerprint density at radius 2 is 1.39 bits per heavy atom. The fraction of sp³-hybridized carbons (Fsp3) is 0.348. The predicted octanol–water partition coefficient (Wildman–Crippen LogP) is 4.58. The van der Waals surface area contributed by atoms with Gasteiger partial charge in [0, 0.05) is 17.4 Å².